The minimum absolute atomic E-state index is 0.327. The molecular weight excluding hydrogens is 284 g/mol. The van der Waals surface area contributed by atoms with E-state index >= 15 is 0 Å². The number of fused-ring (bicyclic) bond motifs is 1. The summed E-state index contributed by atoms with van der Waals surface area (Å²) >= 11 is 3.38. The van der Waals surface area contributed by atoms with Gasteiger partial charge in [0.05, 0.1) is 17.9 Å². The molecule has 5 heteroatoms. The maximum Gasteiger partial charge on any atom is 0.340 e. The van der Waals surface area contributed by atoms with Gasteiger partial charge < -0.3 is 10.5 Å². The highest BCUT2D eigenvalue weighted by molar-refractivity contribution is 9.10. The van der Waals surface area contributed by atoms with Crippen molar-refractivity contribution in [3.8, 4) is 0 Å². The Morgan fingerprint density at radius 2 is 2.24 bits per heavy atom. The van der Waals surface area contributed by atoms with Crippen LogP contribution in [0, 0.1) is 0 Å². The number of aromatic nitrogens is 1. The number of anilines is 1. The number of carbonyl (C=O) groups excluding carboxylic acids is 1. The van der Waals surface area contributed by atoms with E-state index in [-0.39, 0.29) is 0 Å². The monoisotopic (exact) mass is 294 g/mol. The Labute approximate surface area is 107 Å². The summed E-state index contributed by atoms with van der Waals surface area (Å²) in [6.07, 6.45) is 3.35. The van der Waals surface area contributed by atoms with E-state index in [9.17, 15) is 4.79 Å². The Hall–Kier alpha value is -1.62. The molecule has 0 spiro atoms. The second-order valence-electron chi connectivity index (χ2n) is 3.47. The van der Waals surface area contributed by atoms with E-state index in [4.69, 9.17) is 10.5 Å². The third-order valence-corrected chi connectivity index (χ3v) is 3.01. The lowest BCUT2D eigenvalue weighted by Crippen LogP contribution is -2.08. The molecule has 0 bridgehead atoms. The Kier molecular flexibility index (Phi) is 3.28. The first-order chi connectivity index (χ1) is 8.15. The van der Waals surface area contributed by atoms with Crippen LogP contribution in [0.3, 0.4) is 0 Å². The van der Waals surface area contributed by atoms with Crippen LogP contribution in [-0.2, 0) is 4.74 Å². The number of rotatable bonds is 2. The molecule has 0 amide bonds. The van der Waals surface area contributed by atoms with E-state index in [1.54, 1.807) is 31.5 Å². The minimum atomic E-state index is -0.407. The van der Waals surface area contributed by atoms with Gasteiger partial charge in [-0.05, 0) is 28.9 Å². The minimum Gasteiger partial charge on any atom is -0.462 e. The highest BCUT2D eigenvalue weighted by atomic mass is 79.9. The third kappa shape index (κ3) is 2.10. The van der Waals surface area contributed by atoms with Gasteiger partial charge in [0, 0.05) is 27.6 Å². The molecule has 1 heterocycles. The molecule has 0 aliphatic carbocycles. The number of carbonyl (C=O) groups is 1. The zero-order chi connectivity index (χ0) is 12.4. The summed E-state index contributed by atoms with van der Waals surface area (Å²) in [5, 5.41) is 1.66. The highest BCUT2D eigenvalue weighted by Gasteiger charge is 2.14. The standard InChI is InChI=1S/C12H11BrN2O2/c1-2-17-12(16)8-4-3-7-5-15-6-9(13)10(7)11(8)14/h3-6H,2,14H2,1H3. The summed E-state index contributed by atoms with van der Waals surface area (Å²) in [4.78, 5) is 15.7. The fourth-order valence-corrected chi connectivity index (χ4v) is 2.21. The summed E-state index contributed by atoms with van der Waals surface area (Å²) in [7, 11) is 0. The lowest BCUT2D eigenvalue weighted by atomic mass is 10.1. The smallest absolute Gasteiger partial charge is 0.340 e. The number of halogens is 1. The predicted molar refractivity (Wildman–Crippen MR) is 69.8 cm³/mol. The largest absolute Gasteiger partial charge is 0.462 e. The number of nitrogens with zero attached hydrogens (tertiary/aromatic N) is 1. The Balaban J connectivity index is 2.65. The first kappa shape index (κ1) is 11.9. The zero-order valence-electron chi connectivity index (χ0n) is 9.24. The normalized spacial score (nSPS) is 10.5. The average Bonchev–Trinajstić information content (AvgIpc) is 2.29. The van der Waals surface area contributed by atoms with Crippen LogP contribution >= 0.6 is 15.9 Å². The van der Waals surface area contributed by atoms with Crippen LogP contribution in [0.2, 0.25) is 0 Å². The maximum absolute atomic E-state index is 11.7. The van der Waals surface area contributed by atoms with E-state index in [0.717, 1.165) is 15.2 Å². The SMILES string of the molecule is CCOC(=O)c1ccc2cncc(Br)c2c1N. The van der Waals surface area contributed by atoms with Crippen molar-refractivity contribution in [2.75, 3.05) is 12.3 Å². The van der Waals surface area contributed by atoms with Gasteiger partial charge in [-0.3, -0.25) is 4.98 Å². The molecule has 0 radical (unpaired) electrons. The number of pyridine rings is 1. The van der Waals surface area contributed by atoms with Crippen LogP contribution in [0.15, 0.2) is 29.0 Å². The predicted octanol–water partition coefficient (Wildman–Crippen LogP) is 2.76. The van der Waals surface area contributed by atoms with Gasteiger partial charge in [-0.1, -0.05) is 6.07 Å². The molecule has 2 N–H and O–H groups in total. The van der Waals surface area contributed by atoms with Gasteiger partial charge in [0.1, 0.15) is 0 Å². The number of esters is 1. The van der Waals surface area contributed by atoms with Gasteiger partial charge in [-0.15, -0.1) is 0 Å². The van der Waals surface area contributed by atoms with Crippen LogP contribution in [0.5, 0.6) is 0 Å². The summed E-state index contributed by atoms with van der Waals surface area (Å²) < 4.78 is 5.71. The fourth-order valence-electron chi connectivity index (χ4n) is 1.64. The number of hydrogen-bond acceptors (Lipinski definition) is 4. The van der Waals surface area contributed by atoms with Crippen molar-refractivity contribution < 1.29 is 9.53 Å². The number of hydrogen-bond donors (Lipinski definition) is 1. The Bertz CT molecular complexity index is 584. The molecule has 1 aromatic heterocycles. The van der Waals surface area contributed by atoms with Crippen molar-refractivity contribution in [1.82, 2.24) is 4.98 Å². The van der Waals surface area contributed by atoms with Crippen LogP contribution in [0.25, 0.3) is 10.8 Å². The number of ether oxygens (including phenoxy) is 1. The summed E-state index contributed by atoms with van der Waals surface area (Å²) in [5.41, 5.74) is 6.79. The quantitative estimate of drug-likeness (QED) is 0.683. The second-order valence-corrected chi connectivity index (χ2v) is 4.32. The van der Waals surface area contributed by atoms with Gasteiger partial charge in [0.2, 0.25) is 0 Å². The van der Waals surface area contributed by atoms with Crippen molar-refractivity contribution in [2.45, 2.75) is 6.92 Å². The molecular formula is C12H11BrN2O2. The topological polar surface area (TPSA) is 65.2 Å². The molecule has 0 atom stereocenters. The van der Waals surface area contributed by atoms with Crippen molar-refractivity contribution >= 4 is 38.4 Å². The molecule has 4 nitrogen and oxygen atoms in total. The van der Waals surface area contributed by atoms with Crippen molar-refractivity contribution in [2.24, 2.45) is 0 Å². The molecule has 1 aromatic carbocycles. The second kappa shape index (κ2) is 4.71. The van der Waals surface area contributed by atoms with E-state index in [0.29, 0.717) is 17.9 Å². The average molecular weight is 295 g/mol. The van der Waals surface area contributed by atoms with Crippen LogP contribution < -0.4 is 5.73 Å². The van der Waals surface area contributed by atoms with Gasteiger partial charge >= 0.3 is 5.97 Å². The zero-order valence-corrected chi connectivity index (χ0v) is 10.8. The van der Waals surface area contributed by atoms with E-state index in [1.807, 2.05) is 0 Å². The number of nitrogens with two attached hydrogens (primary N) is 1. The number of benzene rings is 1. The third-order valence-electron chi connectivity index (χ3n) is 2.41. The first-order valence-electron chi connectivity index (χ1n) is 5.14. The lowest BCUT2D eigenvalue weighted by molar-refractivity contribution is 0.0528. The van der Waals surface area contributed by atoms with Crippen LogP contribution in [0.4, 0.5) is 5.69 Å². The van der Waals surface area contributed by atoms with Crippen LogP contribution in [-0.4, -0.2) is 17.6 Å². The van der Waals surface area contributed by atoms with E-state index < -0.39 is 5.97 Å². The molecule has 0 fully saturated rings. The lowest BCUT2D eigenvalue weighted by Gasteiger charge is -2.09. The summed E-state index contributed by atoms with van der Waals surface area (Å²) in [6, 6.07) is 3.46. The van der Waals surface area contributed by atoms with E-state index in [1.165, 1.54) is 0 Å². The molecule has 0 saturated carbocycles. The molecule has 0 unspecified atom stereocenters. The molecule has 2 rings (SSSR count). The molecule has 17 heavy (non-hydrogen) atoms. The molecule has 0 aliphatic rings. The summed E-state index contributed by atoms with van der Waals surface area (Å²) in [6.45, 7) is 2.09. The van der Waals surface area contributed by atoms with E-state index in [2.05, 4.69) is 20.9 Å². The van der Waals surface area contributed by atoms with Gasteiger partial charge in [-0.25, -0.2) is 4.79 Å². The van der Waals surface area contributed by atoms with Gasteiger partial charge in [-0.2, -0.15) is 0 Å². The number of nitrogen functional groups attached to an aromatic ring is 1. The summed E-state index contributed by atoms with van der Waals surface area (Å²) in [5.74, 6) is -0.407. The van der Waals surface area contributed by atoms with Crippen molar-refractivity contribution in [3.05, 3.63) is 34.6 Å². The van der Waals surface area contributed by atoms with Crippen molar-refractivity contribution in [3.63, 3.8) is 0 Å². The van der Waals surface area contributed by atoms with Gasteiger partial charge in [0.15, 0.2) is 0 Å². The Morgan fingerprint density at radius 3 is 2.94 bits per heavy atom. The molecule has 0 aliphatic heterocycles. The highest BCUT2D eigenvalue weighted by Crippen LogP contribution is 2.30. The van der Waals surface area contributed by atoms with Crippen LogP contribution in [0.1, 0.15) is 17.3 Å². The van der Waals surface area contributed by atoms with Crippen molar-refractivity contribution in [1.29, 1.82) is 0 Å². The molecule has 88 valence electrons. The fraction of sp³-hybridized carbons (Fsp3) is 0.167. The molecule has 2 aromatic rings. The maximum atomic E-state index is 11.7. The first-order valence-corrected chi connectivity index (χ1v) is 5.93. The molecule has 0 saturated heterocycles. The van der Waals surface area contributed by atoms with Gasteiger partial charge in [0.25, 0.3) is 0 Å². The Morgan fingerprint density at radius 1 is 1.47 bits per heavy atom.